The van der Waals surface area contributed by atoms with E-state index < -0.39 is 0 Å². The second-order valence-electron chi connectivity index (χ2n) is 5.36. The van der Waals surface area contributed by atoms with E-state index >= 15 is 0 Å². The van der Waals surface area contributed by atoms with Crippen molar-refractivity contribution in [1.82, 2.24) is 15.0 Å². The molecule has 1 aromatic heterocycles. The molecule has 2 heterocycles. The molecule has 3 aromatic rings. The van der Waals surface area contributed by atoms with Crippen molar-refractivity contribution in [3.05, 3.63) is 60.2 Å². The van der Waals surface area contributed by atoms with E-state index in [9.17, 15) is 0 Å². The van der Waals surface area contributed by atoms with Crippen molar-refractivity contribution in [2.24, 2.45) is 0 Å². The average molecular weight is 295 g/mol. The number of para-hydroxylation sites is 1. The van der Waals surface area contributed by atoms with Gasteiger partial charge in [-0.1, -0.05) is 47.7 Å². The third kappa shape index (κ3) is 2.49. The van der Waals surface area contributed by atoms with Crippen LogP contribution < -0.4 is 0 Å². The number of aromatic nitrogens is 3. The van der Waals surface area contributed by atoms with Crippen LogP contribution in [0.1, 0.15) is 18.0 Å². The predicted molar refractivity (Wildman–Crippen MR) is 82.4 cm³/mol. The molecule has 112 valence electrons. The summed E-state index contributed by atoms with van der Waals surface area (Å²) in [7, 11) is 0. The van der Waals surface area contributed by atoms with Gasteiger partial charge in [0, 0.05) is 6.42 Å². The Balaban J connectivity index is 1.76. The molecule has 0 N–H and O–H groups in total. The number of fused-ring (bicyclic) bond motifs is 1. The van der Waals surface area contributed by atoms with E-state index in [-0.39, 0.29) is 12.3 Å². The Morgan fingerprint density at radius 2 is 1.73 bits per heavy atom. The van der Waals surface area contributed by atoms with Gasteiger partial charge in [0.2, 0.25) is 0 Å². The van der Waals surface area contributed by atoms with E-state index in [1.54, 1.807) is 0 Å². The van der Waals surface area contributed by atoms with Crippen LogP contribution in [0.15, 0.2) is 54.6 Å². The maximum absolute atomic E-state index is 5.63. The first-order valence-electron chi connectivity index (χ1n) is 7.50. The zero-order valence-corrected chi connectivity index (χ0v) is 12.1. The molecule has 0 spiro atoms. The van der Waals surface area contributed by atoms with Crippen LogP contribution in [0.25, 0.3) is 11.0 Å². The highest BCUT2D eigenvalue weighted by molar-refractivity contribution is 5.74. The van der Waals surface area contributed by atoms with Crippen molar-refractivity contribution in [2.45, 2.75) is 18.8 Å². The van der Waals surface area contributed by atoms with Gasteiger partial charge in [-0.25, -0.2) is 4.68 Å². The van der Waals surface area contributed by atoms with Crippen molar-refractivity contribution in [3.8, 4) is 0 Å². The molecule has 0 aliphatic carbocycles. The third-order valence-corrected chi connectivity index (χ3v) is 3.96. The van der Waals surface area contributed by atoms with Gasteiger partial charge in [0.15, 0.2) is 6.29 Å². The van der Waals surface area contributed by atoms with Crippen LogP contribution in [0.4, 0.5) is 0 Å². The van der Waals surface area contributed by atoms with Crippen LogP contribution in [0.5, 0.6) is 0 Å². The number of rotatable bonds is 4. The summed E-state index contributed by atoms with van der Waals surface area (Å²) in [5.41, 5.74) is 3.10. The van der Waals surface area contributed by atoms with Crippen LogP contribution in [-0.2, 0) is 9.47 Å². The maximum atomic E-state index is 5.63. The van der Waals surface area contributed by atoms with Crippen LogP contribution >= 0.6 is 0 Å². The summed E-state index contributed by atoms with van der Waals surface area (Å²) in [5.74, 6) is 0. The van der Waals surface area contributed by atoms with E-state index in [4.69, 9.17) is 9.47 Å². The van der Waals surface area contributed by atoms with Gasteiger partial charge in [0.1, 0.15) is 5.52 Å². The molecule has 1 saturated heterocycles. The lowest BCUT2D eigenvalue weighted by Crippen LogP contribution is -2.20. The fourth-order valence-corrected chi connectivity index (χ4v) is 2.90. The van der Waals surface area contributed by atoms with Crippen LogP contribution in [-0.4, -0.2) is 34.5 Å². The van der Waals surface area contributed by atoms with Gasteiger partial charge in [0.25, 0.3) is 0 Å². The summed E-state index contributed by atoms with van der Waals surface area (Å²) in [6.45, 7) is 1.31. The molecule has 1 fully saturated rings. The molecule has 0 amide bonds. The van der Waals surface area contributed by atoms with E-state index in [1.807, 2.05) is 47.1 Å². The molecule has 0 radical (unpaired) electrons. The predicted octanol–water partition coefficient (Wildman–Crippen LogP) is 2.78. The molecule has 0 saturated carbocycles. The van der Waals surface area contributed by atoms with Crippen molar-refractivity contribution in [2.75, 3.05) is 13.2 Å². The number of hydrogen-bond acceptors (Lipinski definition) is 4. The van der Waals surface area contributed by atoms with Gasteiger partial charge in [-0.15, -0.1) is 5.10 Å². The van der Waals surface area contributed by atoms with Gasteiger partial charge in [-0.2, -0.15) is 0 Å². The number of nitrogens with zero attached hydrogens (tertiary/aromatic N) is 3. The van der Waals surface area contributed by atoms with Gasteiger partial charge >= 0.3 is 0 Å². The lowest BCUT2D eigenvalue weighted by atomic mass is 10.0. The summed E-state index contributed by atoms with van der Waals surface area (Å²) in [5, 5.41) is 8.64. The third-order valence-electron chi connectivity index (χ3n) is 3.96. The smallest absolute Gasteiger partial charge is 0.160 e. The summed E-state index contributed by atoms with van der Waals surface area (Å²) in [4.78, 5) is 0. The first-order chi connectivity index (χ1) is 10.9. The Bertz CT molecular complexity index is 751. The lowest BCUT2D eigenvalue weighted by molar-refractivity contribution is -0.0532. The largest absolute Gasteiger partial charge is 0.350 e. The molecule has 1 atom stereocenters. The highest BCUT2D eigenvalue weighted by atomic mass is 16.7. The van der Waals surface area contributed by atoms with E-state index in [1.165, 1.54) is 5.56 Å². The Kier molecular flexibility index (Phi) is 3.58. The molecule has 22 heavy (non-hydrogen) atoms. The van der Waals surface area contributed by atoms with E-state index in [2.05, 4.69) is 22.4 Å². The summed E-state index contributed by atoms with van der Waals surface area (Å²) >= 11 is 0. The second-order valence-corrected chi connectivity index (χ2v) is 5.36. The lowest BCUT2D eigenvalue weighted by Gasteiger charge is -2.21. The Labute approximate surface area is 128 Å². The molecule has 0 bridgehead atoms. The zero-order chi connectivity index (χ0) is 14.8. The topological polar surface area (TPSA) is 49.2 Å². The molecule has 5 nitrogen and oxygen atoms in total. The Morgan fingerprint density at radius 1 is 1.00 bits per heavy atom. The van der Waals surface area contributed by atoms with Crippen molar-refractivity contribution in [1.29, 1.82) is 0 Å². The van der Waals surface area contributed by atoms with E-state index in [0.29, 0.717) is 13.2 Å². The quantitative estimate of drug-likeness (QED) is 0.742. The molecule has 1 unspecified atom stereocenters. The van der Waals surface area contributed by atoms with Crippen molar-refractivity contribution >= 4 is 11.0 Å². The highest BCUT2D eigenvalue weighted by Gasteiger charge is 2.25. The first-order valence-corrected chi connectivity index (χ1v) is 7.50. The summed E-state index contributed by atoms with van der Waals surface area (Å²) in [6, 6.07) is 18.3. The minimum Gasteiger partial charge on any atom is -0.350 e. The molecular formula is C17H17N3O2. The monoisotopic (exact) mass is 295 g/mol. The van der Waals surface area contributed by atoms with Gasteiger partial charge < -0.3 is 9.47 Å². The number of hydrogen-bond donors (Lipinski definition) is 0. The van der Waals surface area contributed by atoms with E-state index in [0.717, 1.165) is 17.5 Å². The zero-order valence-electron chi connectivity index (χ0n) is 12.1. The van der Waals surface area contributed by atoms with Gasteiger partial charge in [-0.3, -0.25) is 0 Å². The standard InChI is InChI=1S/C17H17N3O2/c1-2-6-13(7-3-1)16(12-17-21-10-11-22-17)20-15-9-5-4-8-14(15)18-19-20/h1-9,16-17H,10-12H2. The summed E-state index contributed by atoms with van der Waals surface area (Å²) in [6.07, 6.45) is 0.533. The van der Waals surface area contributed by atoms with Crippen LogP contribution in [0, 0.1) is 0 Å². The minimum atomic E-state index is -0.187. The number of ether oxygens (including phenoxy) is 2. The fraction of sp³-hybridized carbons (Fsp3) is 0.294. The van der Waals surface area contributed by atoms with Crippen LogP contribution in [0.2, 0.25) is 0 Å². The first kappa shape index (κ1) is 13.4. The molecule has 1 aliphatic heterocycles. The Hall–Kier alpha value is -2.24. The fourth-order valence-electron chi connectivity index (χ4n) is 2.90. The summed E-state index contributed by atoms with van der Waals surface area (Å²) < 4.78 is 13.2. The molecular weight excluding hydrogens is 278 g/mol. The molecule has 2 aromatic carbocycles. The highest BCUT2D eigenvalue weighted by Crippen LogP contribution is 2.28. The van der Waals surface area contributed by atoms with Gasteiger partial charge in [-0.05, 0) is 17.7 Å². The molecule has 5 heteroatoms. The van der Waals surface area contributed by atoms with Crippen molar-refractivity contribution < 1.29 is 9.47 Å². The average Bonchev–Trinajstić information content (AvgIpc) is 3.23. The molecule has 4 rings (SSSR count). The SMILES string of the molecule is c1ccc(C(CC2OCCO2)n2nnc3ccccc32)cc1. The second kappa shape index (κ2) is 5.87. The normalized spacial score (nSPS) is 17.1. The Morgan fingerprint density at radius 3 is 2.55 bits per heavy atom. The van der Waals surface area contributed by atoms with Crippen molar-refractivity contribution in [3.63, 3.8) is 0 Å². The maximum Gasteiger partial charge on any atom is 0.160 e. The molecule has 1 aliphatic rings. The van der Waals surface area contributed by atoms with Gasteiger partial charge in [0.05, 0.1) is 24.8 Å². The number of benzene rings is 2. The van der Waals surface area contributed by atoms with Crippen LogP contribution in [0.3, 0.4) is 0 Å². The minimum absolute atomic E-state index is 0.0386.